The largest absolute Gasteiger partial charge is 0.494 e. The molecule has 31 heavy (non-hydrogen) atoms. The Morgan fingerprint density at radius 1 is 1.16 bits per heavy atom. The van der Waals surface area contributed by atoms with Gasteiger partial charge in [0.2, 0.25) is 0 Å². The zero-order valence-corrected chi connectivity index (χ0v) is 18.9. The highest BCUT2D eigenvalue weighted by atomic mass is 79.9. The molecule has 5 rings (SSSR count). The third-order valence-electron chi connectivity index (χ3n) is 5.84. The van der Waals surface area contributed by atoms with Crippen molar-refractivity contribution in [3.8, 4) is 5.88 Å². The van der Waals surface area contributed by atoms with Crippen molar-refractivity contribution >= 4 is 43.9 Å². The van der Waals surface area contributed by atoms with E-state index in [1.165, 1.54) is 0 Å². The first kappa shape index (κ1) is 20.2. The molecule has 2 N–H and O–H groups in total. The zero-order valence-electron chi connectivity index (χ0n) is 17.3. The summed E-state index contributed by atoms with van der Waals surface area (Å²) >= 11 is 3.48. The summed E-state index contributed by atoms with van der Waals surface area (Å²) in [6, 6.07) is 13.7. The summed E-state index contributed by atoms with van der Waals surface area (Å²) in [4.78, 5) is 18.3. The van der Waals surface area contributed by atoms with Crippen LogP contribution in [0.15, 0.2) is 57.1 Å². The molecule has 2 aliphatic heterocycles. The minimum atomic E-state index is 0.0739. The molecule has 2 aliphatic rings. The first-order valence-electron chi connectivity index (χ1n) is 10.4. The van der Waals surface area contributed by atoms with E-state index in [0.29, 0.717) is 23.6 Å². The van der Waals surface area contributed by atoms with Gasteiger partial charge in [-0.25, -0.2) is 4.99 Å². The number of oxime groups is 1. The maximum atomic E-state index is 10.7. The van der Waals surface area contributed by atoms with Crippen LogP contribution in [0.2, 0.25) is 0 Å². The minimum Gasteiger partial charge on any atom is -0.494 e. The standard InChI is InChI=1S/C23H24BrN5O2/c1-28-8-10-29(11-9-28)12-13-31-27-21-17-4-2-3-5-18(17)25-22(21)20-16-7-6-15(24)14-19(16)26-23(20)30/h2-7,14,26,30H,8-13H2,1H3. The van der Waals surface area contributed by atoms with Gasteiger partial charge in [0.1, 0.15) is 18.0 Å². The highest BCUT2D eigenvalue weighted by molar-refractivity contribution is 9.10. The average Bonchev–Trinajstić information content (AvgIpc) is 3.28. The molecule has 1 aromatic heterocycles. The highest BCUT2D eigenvalue weighted by Gasteiger charge is 2.29. The topological polar surface area (TPSA) is 76.5 Å². The molecule has 0 amide bonds. The van der Waals surface area contributed by atoms with Gasteiger partial charge in [0.15, 0.2) is 5.88 Å². The van der Waals surface area contributed by atoms with Gasteiger partial charge in [0.25, 0.3) is 0 Å². The van der Waals surface area contributed by atoms with E-state index in [1.807, 2.05) is 42.5 Å². The summed E-state index contributed by atoms with van der Waals surface area (Å²) in [6.45, 7) is 5.60. The van der Waals surface area contributed by atoms with Crippen LogP contribution in [-0.2, 0) is 4.84 Å². The first-order chi connectivity index (χ1) is 15.1. The minimum absolute atomic E-state index is 0.0739. The third kappa shape index (κ3) is 3.98. The van der Waals surface area contributed by atoms with Gasteiger partial charge in [0, 0.05) is 48.1 Å². The Hall–Kier alpha value is -2.68. The monoisotopic (exact) mass is 481 g/mol. The van der Waals surface area contributed by atoms with Crippen LogP contribution in [0, 0.1) is 0 Å². The Morgan fingerprint density at radius 2 is 1.97 bits per heavy atom. The van der Waals surface area contributed by atoms with Crippen LogP contribution in [0.3, 0.4) is 0 Å². The fourth-order valence-electron chi connectivity index (χ4n) is 4.09. The molecule has 0 spiro atoms. The van der Waals surface area contributed by atoms with Gasteiger partial charge in [-0.1, -0.05) is 45.4 Å². The third-order valence-corrected chi connectivity index (χ3v) is 6.34. The number of piperazine rings is 1. The molecule has 0 atom stereocenters. The molecule has 3 aromatic rings. The summed E-state index contributed by atoms with van der Waals surface area (Å²) in [5, 5.41) is 16.1. The number of nitrogens with one attached hydrogen (secondary N) is 1. The molecule has 1 saturated heterocycles. The lowest BCUT2D eigenvalue weighted by atomic mass is 10.0. The van der Waals surface area contributed by atoms with Crippen molar-refractivity contribution in [1.29, 1.82) is 0 Å². The normalized spacial score (nSPS) is 18.5. The maximum Gasteiger partial charge on any atom is 0.199 e. The Kier molecular flexibility index (Phi) is 5.52. The van der Waals surface area contributed by atoms with E-state index in [1.54, 1.807) is 0 Å². The van der Waals surface area contributed by atoms with E-state index in [2.05, 4.69) is 42.9 Å². The summed E-state index contributed by atoms with van der Waals surface area (Å²) in [5.41, 5.74) is 4.46. The van der Waals surface area contributed by atoms with E-state index in [-0.39, 0.29) is 5.88 Å². The SMILES string of the molecule is CN1CCN(CCON=C2C(c3c(O)[nH]c4cc(Br)ccc34)=Nc3ccccc32)CC1. The van der Waals surface area contributed by atoms with E-state index in [4.69, 9.17) is 9.83 Å². The molecule has 0 unspecified atom stereocenters. The predicted molar refractivity (Wildman–Crippen MR) is 127 cm³/mol. The van der Waals surface area contributed by atoms with Crippen molar-refractivity contribution in [2.45, 2.75) is 0 Å². The lowest BCUT2D eigenvalue weighted by molar-refractivity contribution is 0.0864. The number of aromatic amines is 1. The summed E-state index contributed by atoms with van der Waals surface area (Å²) < 4.78 is 0.936. The van der Waals surface area contributed by atoms with Crippen molar-refractivity contribution in [1.82, 2.24) is 14.8 Å². The molecule has 7 nitrogen and oxygen atoms in total. The second kappa shape index (κ2) is 8.45. The molecule has 3 heterocycles. The number of rotatable bonds is 5. The number of nitrogens with zero attached hydrogens (tertiary/aromatic N) is 4. The number of likely N-dealkylation sites (N-methyl/N-ethyl adjacent to an activating group) is 1. The fourth-order valence-corrected chi connectivity index (χ4v) is 4.45. The number of halogens is 1. The Labute approximate surface area is 189 Å². The molecule has 0 saturated carbocycles. The van der Waals surface area contributed by atoms with Gasteiger partial charge in [0.05, 0.1) is 16.8 Å². The van der Waals surface area contributed by atoms with Crippen molar-refractivity contribution in [3.63, 3.8) is 0 Å². The van der Waals surface area contributed by atoms with Gasteiger partial charge in [-0.15, -0.1) is 0 Å². The Morgan fingerprint density at radius 3 is 2.81 bits per heavy atom. The number of para-hydroxylation sites is 1. The Bertz CT molecular complexity index is 1180. The average molecular weight is 482 g/mol. The molecule has 2 aromatic carbocycles. The quantitative estimate of drug-likeness (QED) is 0.429. The number of aliphatic imine (C=N–C) groups is 1. The number of hydrogen-bond donors (Lipinski definition) is 2. The number of H-pyrrole nitrogens is 1. The van der Waals surface area contributed by atoms with Gasteiger partial charge in [-0.05, 0) is 25.2 Å². The van der Waals surface area contributed by atoms with Gasteiger partial charge >= 0.3 is 0 Å². The highest BCUT2D eigenvalue weighted by Crippen LogP contribution is 2.36. The molecular formula is C23H24BrN5O2. The summed E-state index contributed by atoms with van der Waals surface area (Å²) in [7, 11) is 2.15. The molecule has 0 bridgehead atoms. The number of hydrogen-bond acceptors (Lipinski definition) is 6. The molecule has 0 radical (unpaired) electrons. The van der Waals surface area contributed by atoms with Crippen LogP contribution in [0.25, 0.3) is 10.9 Å². The van der Waals surface area contributed by atoms with E-state index in [0.717, 1.165) is 59.4 Å². The zero-order chi connectivity index (χ0) is 21.4. The molecule has 8 heteroatoms. The van der Waals surface area contributed by atoms with E-state index < -0.39 is 0 Å². The second-order valence-corrected chi connectivity index (χ2v) is 8.85. The number of fused-ring (bicyclic) bond motifs is 2. The van der Waals surface area contributed by atoms with Crippen LogP contribution in [-0.4, -0.2) is 77.7 Å². The number of benzene rings is 2. The molecule has 1 fully saturated rings. The van der Waals surface area contributed by atoms with Crippen LogP contribution < -0.4 is 0 Å². The smallest absolute Gasteiger partial charge is 0.199 e. The molecule has 0 aliphatic carbocycles. The number of aromatic hydroxyl groups is 1. The van der Waals surface area contributed by atoms with Crippen molar-refractivity contribution in [2.24, 2.45) is 10.1 Å². The van der Waals surface area contributed by atoms with E-state index in [9.17, 15) is 5.11 Å². The maximum absolute atomic E-state index is 10.7. The predicted octanol–water partition coefficient (Wildman–Crippen LogP) is 3.74. The first-order valence-corrected chi connectivity index (χ1v) is 11.2. The van der Waals surface area contributed by atoms with E-state index >= 15 is 0 Å². The van der Waals surface area contributed by atoms with Crippen LogP contribution in [0.1, 0.15) is 11.1 Å². The van der Waals surface area contributed by atoms with Crippen molar-refractivity contribution < 1.29 is 9.94 Å². The fraction of sp³-hybridized carbons (Fsp3) is 0.304. The van der Waals surface area contributed by atoms with Crippen LogP contribution >= 0.6 is 15.9 Å². The summed E-state index contributed by atoms with van der Waals surface area (Å²) in [6.07, 6.45) is 0. The van der Waals surface area contributed by atoms with Gasteiger partial charge in [-0.3, -0.25) is 4.90 Å². The van der Waals surface area contributed by atoms with Gasteiger partial charge in [-0.2, -0.15) is 0 Å². The summed E-state index contributed by atoms with van der Waals surface area (Å²) in [5.74, 6) is 0.0739. The molecule has 160 valence electrons. The molecular weight excluding hydrogens is 458 g/mol. The second-order valence-electron chi connectivity index (χ2n) is 7.93. The van der Waals surface area contributed by atoms with Crippen molar-refractivity contribution in [3.05, 3.63) is 58.1 Å². The van der Waals surface area contributed by atoms with Crippen molar-refractivity contribution in [2.75, 3.05) is 46.4 Å². The van der Waals surface area contributed by atoms with Gasteiger partial charge < -0.3 is 19.8 Å². The van der Waals surface area contributed by atoms with Crippen LogP contribution in [0.4, 0.5) is 5.69 Å². The lowest BCUT2D eigenvalue weighted by Crippen LogP contribution is -2.45. The Balaban J connectivity index is 1.42. The number of aromatic nitrogens is 1. The van der Waals surface area contributed by atoms with Crippen LogP contribution in [0.5, 0.6) is 5.88 Å². The lowest BCUT2D eigenvalue weighted by Gasteiger charge is -2.31.